The number of sulfone groups is 1. The highest BCUT2D eigenvalue weighted by Gasteiger charge is 2.39. The minimum absolute atomic E-state index is 0.208. The number of carbonyl (C=O) groups excluding carboxylic acids is 1. The molecule has 7 heteroatoms. The number of carbonyl (C=O) groups is 1. The van der Waals surface area contributed by atoms with Crippen LogP contribution in [0.5, 0.6) is 0 Å². The molecule has 0 aromatic rings. The summed E-state index contributed by atoms with van der Waals surface area (Å²) >= 11 is 4.86. The van der Waals surface area contributed by atoms with E-state index < -0.39 is 25.9 Å². The summed E-state index contributed by atoms with van der Waals surface area (Å²) in [6.45, 7) is 6.50. The number of amides is 1. The summed E-state index contributed by atoms with van der Waals surface area (Å²) in [4.78, 5) is 12.1. The van der Waals surface area contributed by atoms with Crippen molar-refractivity contribution < 1.29 is 13.2 Å². The zero-order chi connectivity index (χ0) is 14.1. The second kappa shape index (κ2) is 4.89. The second-order valence-corrected chi connectivity index (χ2v) is 8.22. The van der Waals surface area contributed by atoms with E-state index in [1.165, 1.54) is 13.8 Å². The van der Waals surface area contributed by atoms with Crippen LogP contribution >= 0.6 is 12.2 Å². The van der Waals surface area contributed by atoms with Gasteiger partial charge in [0, 0.05) is 18.2 Å². The van der Waals surface area contributed by atoms with Gasteiger partial charge in [0.2, 0.25) is 5.91 Å². The quantitative estimate of drug-likeness (QED) is 0.704. The molecule has 5 nitrogen and oxygen atoms in total. The first kappa shape index (κ1) is 16.3. The van der Waals surface area contributed by atoms with Crippen molar-refractivity contribution in [2.75, 3.05) is 12.8 Å². The Balaban J connectivity index is 4.76. The smallest absolute Gasteiger partial charge is 0.240 e. The fourth-order valence-corrected chi connectivity index (χ4v) is 1.25. The molecule has 0 spiro atoms. The van der Waals surface area contributed by atoms with Gasteiger partial charge in [-0.15, -0.1) is 0 Å². The first-order valence-electron chi connectivity index (χ1n) is 5.10. The van der Waals surface area contributed by atoms with E-state index in [9.17, 15) is 13.2 Å². The van der Waals surface area contributed by atoms with Crippen molar-refractivity contribution in [2.24, 2.45) is 11.1 Å². The second-order valence-electron chi connectivity index (χ2n) is 5.21. The number of nitrogens with two attached hydrogens (primary N) is 1. The van der Waals surface area contributed by atoms with Gasteiger partial charge in [-0.25, -0.2) is 8.42 Å². The average molecular weight is 280 g/mol. The van der Waals surface area contributed by atoms with Gasteiger partial charge in [0.15, 0.2) is 9.84 Å². The summed E-state index contributed by atoms with van der Waals surface area (Å²) in [5.41, 5.74) is 4.97. The van der Waals surface area contributed by atoms with Crippen LogP contribution in [0.1, 0.15) is 27.7 Å². The third-order valence-electron chi connectivity index (χ3n) is 2.83. The van der Waals surface area contributed by atoms with E-state index in [4.69, 9.17) is 18.0 Å². The van der Waals surface area contributed by atoms with Gasteiger partial charge in [-0.3, -0.25) is 4.79 Å². The fourth-order valence-electron chi connectivity index (χ4n) is 0.770. The Morgan fingerprint density at radius 3 is 2.00 bits per heavy atom. The molecule has 0 aliphatic carbocycles. The number of rotatable bonds is 5. The van der Waals surface area contributed by atoms with E-state index in [1.807, 2.05) is 0 Å². The lowest BCUT2D eigenvalue weighted by Crippen LogP contribution is -2.51. The SMILES string of the molecule is CC(C)(CNC(=O)C(C)(C)S(C)(=O)=O)C(N)=S. The summed E-state index contributed by atoms with van der Waals surface area (Å²) in [6, 6.07) is 0. The monoisotopic (exact) mass is 280 g/mol. The highest BCUT2D eigenvalue weighted by molar-refractivity contribution is 7.92. The molecule has 0 saturated carbocycles. The molecule has 0 aliphatic rings. The van der Waals surface area contributed by atoms with Crippen molar-refractivity contribution in [3.8, 4) is 0 Å². The normalized spacial score (nSPS) is 13.2. The molecule has 17 heavy (non-hydrogen) atoms. The van der Waals surface area contributed by atoms with Gasteiger partial charge in [-0.1, -0.05) is 26.1 Å². The topological polar surface area (TPSA) is 89.3 Å². The summed E-state index contributed by atoms with van der Waals surface area (Å²) in [6.07, 6.45) is 1.03. The van der Waals surface area contributed by atoms with Crippen molar-refractivity contribution in [1.82, 2.24) is 5.32 Å². The van der Waals surface area contributed by atoms with Crippen LogP contribution in [0.15, 0.2) is 0 Å². The Morgan fingerprint density at radius 1 is 1.29 bits per heavy atom. The molecular formula is C10H20N2O3S2. The van der Waals surface area contributed by atoms with Crippen LogP contribution in [0.4, 0.5) is 0 Å². The molecule has 0 heterocycles. The number of hydrogen-bond acceptors (Lipinski definition) is 4. The molecule has 1 amide bonds. The van der Waals surface area contributed by atoms with Gasteiger partial charge >= 0.3 is 0 Å². The molecule has 0 unspecified atom stereocenters. The Bertz CT molecular complexity index is 425. The summed E-state index contributed by atoms with van der Waals surface area (Å²) in [5.74, 6) is -0.552. The Hall–Kier alpha value is -0.690. The highest BCUT2D eigenvalue weighted by Crippen LogP contribution is 2.17. The van der Waals surface area contributed by atoms with Crippen LogP contribution in [-0.4, -0.2) is 36.9 Å². The third-order valence-corrected chi connectivity index (χ3v) is 5.42. The van der Waals surface area contributed by atoms with Gasteiger partial charge in [-0.2, -0.15) is 0 Å². The molecule has 0 atom stereocenters. The molecule has 0 radical (unpaired) electrons. The van der Waals surface area contributed by atoms with Crippen LogP contribution < -0.4 is 11.1 Å². The Morgan fingerprint density at radius 2 is 1.71 bits per heavy atom. The zero-order valence-electron chi connectivity index (χ0n) is 10.8. The molecule has 3 N–H and O–H groups in total. The van der Waals surface area contributed by atoms with E-state index in [1.54, 1.807) is 13.8 Å². The van der Waals surface area contributed by atoms with Crippen molar-refractivity contribution in [1.29, 1.82) is 0 Å². The van der Waals surface area contributed by atoms with Crippen LogP contribution in [0, 0.1) is 5.41 Å². The van der Waals surface area contributed by atoms with Crippen LogP contribution in [0.25, 0.3) is 0 Å². The van der Waals surface area contributed by atoms with E-state index in [-0.39, 0.29) is 11.5 Å². The van der Waals surface area contributed by atoms with Gasteiger partial charge in [0.05, 0.1) is 4.99 Å². The van der Waals surface area contributed by atoms with Crippen molar-refractivity contribution in [2.45, 2.75) is 32.4 Å². The molecule has 0 fully saturated rings. The van der Waals surface area contributed by atoms with Gasteiger partial charge in [0.1, 0.15) is 4.75 Å². The summed E-state index contributed by atoms with van der Waals surface area (Å²) < 4.78 is 21.4. The molecule has 0 bridgehead atoms. The maximum atomic E-state index is 11.8. The predicted molar refractivity (Wildman–Crippen MR) is 72.5 cm³/mol. The molecule has 0 saturated heterocycles. The molecule has 100 valence electrons. The fraction of sp³-hybridized carbons (Fsp3) is 0.800. The molecule has 0 aliphatic heterocycles. The third kappa shape index (κ3) is 3.92. The molecule has 0 aromatic heterocycles. The first-order valence-corrected chi connectivity index (χ1v) is 7.40. The molecule has 0 aromatic carbocycles. The first-order chi connectivity index (χ1) is 7.32. The minimum Gasteiger partial charge on any atom is -0.393 e. The van der Waals surface area contributed by atoms with Crippen molar-refractivity contribution >= 4 is 33.0 Å². The Labute approximate surface area is 108 Å². The average Bonchev–Trinajstić information content (AvgIpc) is 2.12. The zero-order valence-corrected chi connectivity index (χ0v) is 12.5. The lowest BCUT2D eigenvalue weighted by molar-refractivity contribution is -0.123. The number of hydrogen-bond donors (Lipinski definition) is 2. The lowest BCUT2D eigenvalue weighted by atomic mass is 9.93. The minimum atomic E-state index is -3.47. The van der Waals surface area contributed by atoms with Gasteiger partial charge < -0.3 is 11.1 Å². The predicted octanol–water partition coefficient (Wildman–Crippen LogP) is 0.238. The van der Waals surface area contributed by atoms with Crippen LogP contribution in [-0.2, 0) is 14.6 Å². The largest absolute Gasteiger partial charge is 0.393 e. The highest BCUT2D eigenvalue weighted by atomic mass is 32.2. The van der Waals surface area contributed by atoms with E-state index >= 15 is 0 Å². The number of thiocarbonyl (C=S) groups is 1. The van der Waals surface area contributed by atoms with Crippen molar-refractivity contribution in [3.05, 3.63) is 0 Å². The van der Waals surface area contributed by atoms with E-state index in [0.717, 1.165) is 6.26 Å². The Kier molecular flexibility index (Phi) is 4.70. The maximum Gasteiger partial charge on any atom is 0.240 e. The molecular weight excluding hydrogens is 260 g/mol. The summed E-state index contributed by atoms with van der Waals surface area (Å²) in [5, 5.41) is 2.57. The summed E-state index contributed by atoms with van der Waals surface area (Å²) in [7, 11) is -3.47. The van der Waals surface area contributed by atoms with E-state index in [2.05, 4.69) is 5.32 Å². The lowest BCUT2D eigenvalue weighted by Gasteiger charge is -2.27. The standard InChI is InChI=1S/C10H20N2O3S2/c1-9(2,7(11)16)6-12-8(13)10(3,4)17(5,14)15/h6H2,1-5H3,(H2,11,16)(H,12,13). The van der Waals surface area contributed by atoms with Gasteiger partial charge in [0.25, 0.3) is 0 Å². The van der Waals surface area contributed by atoms with Crippen LogP contribution in [0.3, 0.4) is 0 Å². The van der Waals surface area contributed by atoms with Gasteiger partial charge in [-0.05, 0) is 13.8 Å². The number of nitrogens with one attached hydrogen (secondary N) is 1. The molecule has 0 rings (SSSR count). The van der Waals surface area contributed by atoms with Crippen LogP contribution in [0.2, 0.25) is 0 Å². The van der Waals surface area contributed by atoms with Crippen molar-refractivity contribution in [3.63, 3.8) is 0 Å². The van der Waals surface area contributed by atoms with E-state index in [0.29, 0.717) is 0 Å². The maximum absolute atomic E-state index is 11.8.